The molecule has 0 bridgehead atoms. The lowest BCUT2D eigenvalue weighted by molar-refractivity contribution is 0.404. The highest BCUT2D eigenvalue weighted by Crippen LogP contribution is 2.44. The highest BCUT2D eigenvalue weighted by Gasteiger charge is 2.29. The summed E-state index contributed by atoms with van der Waals surface area (Å²) < 4.78 is 15.5. The van der Waals surface area contributed by atoms with Crippen LogP contribution in [0.5, 0.6) is 11.5 Å². The Kier molecular flexibility index (Phi) is 2.45. The minimum atomic E-state index is -0.309. The highest BCUT2D eigenvalue weighted by molar-refractivity contribution is 5.83. The molecule has 0 amide bonds. The van der Waals surface area contributed by atoms with Gasteiger partial charge in [-0.3, -0.25) is 0 Å². The van der Waals surface area contributed by atoms with Crippen LogP contribution in [0, 0.1) is 5.82 Å². The van der Waals surface area contributed by atoms with E-state index in [0.29, 0.717) is 16.9 Å². The van der Waals surface area contributed by atoms with Crippen LogP contribution in [0.25, 0.3) is 22.4 Å². The summed E-state index contributed by atoms with van der Waals surface area (Å²) in [7, 11) is 0. The largest absolute Gasteiger partial charge is 0.504 e. The minimum absolute atomic E-state index is 0.187. The number of phenolic OH excluding ortho intramolecular Hbond substituents is 2. The Balaban J connectivity index is 2.04. The van der Waals surface area contributed by atoms with Gasteiger partial charge >= 0.3 is 0 Å². The molecule has 2 N–H and O–H groups in total. The zero-order valence-corrected chi connectivity index (χ0v) is 11.1. The third kappa shape index (κ3) is 1.85. The number of fused-ring (bicyclic) bond motifs is 1. The molecule has 1 heterocycles. The van der Waals surface area contributed by atoms with Crippen LogP contribution >= 0.6 is 0 Å². The molecule has 0 saturated heterocycles. The number of hydrogen-bond acceptors (Lipinski definition) is 3. The van der Waals surface area contributed by atoms with Gasteiger partial charge < -0.3 is 14.8 Å². The zero-order chi connectivity index (χ0) is 14.6. The van der Waals surface area contributed by atoms with Gasteiger partial charge in [-0.2, -0.15) is 0 Å². The Bertz CT molecular complexity index is 853. The molecule has 0 radical (unpaired) electrons. The van der Waals surface area contributed by atoms with E-state index in [-0.39, 0.29) is 23.4 Å². The van der Waals surface area contributed by atoms with Crippen LogP contribution < -0.4 is 0 Å². The summed E-state index contributed by atoms with van der Waals surface area (Å²) in [6.45, 7) is 0. The first-order valence-electron chi connectivity index (χ1n) is 6.84. The first-order valence-corrected chi connectivity index (χ1v) is 6.84. The number of para-hydroxylation sites is 1. The minimum Gasteiger partial charge on any atom is -0.504 e. The van der Waals surface area contributed by atoms with Crippen LogP contribution in [0.2, 0.25) is 0 Å². The van der Waals surface area contributed by atoms with Gasteiger partial charge in [-0.05, 0) is 43.2 Å². The maximum absolute atomic E-state index is 13.5. The SMILES string of the molecule is Oc1cccc(-c2nc3ccc(F)cc3n2C2CC2)c1O. The van der Waals surface area contributed by atoms with Crippen molar-refractivity contribution in [2.24, 2.45) is 0 Å². The molecule has 1 aliphatic carbocycles. The number of aromatic hydroxyl groups is 2. The normalized spacial score (nSPS) is 14.7. The predicted molar refractivity (Wildman–Crippen MR) is 76.7 cm³/mol. The fourth-order valence-electron chi connectivity index (χ4n) is 2.67. The van der Waals surface area contributed by atoms with Crippen molar-refractivity contribution in [1.82, 2.24) is 9.55 Å². The molecule has 0 spiro atoms. The Labute approximate surface area is 120 Å². The van der Waals surface area contributed by atoms with E-state index in [1.54, 1.807) is 18.2 Å². The molecule has 4 nitrogen and oxygen atoms in total. The first kappa shape index (κ1) is 12.2. The van der Waals surface area contributed by atoms with E-state index in [0.717, 1.165) is 18.4 Å². The van der Waals surface area contributed by atoms with Crippen LogP contribution in [0.1, 0.15) is 18.9 Å². The van der Waals surface area contributed by atoms with Gasteiger partial charge in [-0.15, -0.1) is 0 Å². The quantitative estimate of drug-likeness (QED) is 0.707. The lowest BCUT2D eigenvalue weighted by atomic mass is 10.1. The molecule has 0 unspecified atom stereocenters. The van der Waals surface area contributed by atoms with Crippen molar-refractivity contribution in [3.8, 4) is 22.9 Å². The topological polar surface area (TPSA) is 58.3 Å². The van der Waals surface area contributed by atoms with Gasteiger partial charge in [0.1, 0.15) is 11.6 Å². The maximum Gasteiger partial charge on any atom is 0.168 e. The maximum atomic E-state index is 13.5. The number of rotatable bonds is 2. The third-order valence-electron chi connectivity index (χ3n) is 3.82. The molecular formula is C16H13FN2O2. The van der Waals surface area contributed by atoms with Crippen molar-refractivity contribution in [2.45, 2.75) is 18.9 Å². The average molecular weight is 284 g/mol. The van der Waals surface area contributed by atoms with Gasteiger partial charge in [0, 0.05) is 6.04 Å². The number of phenols is 2. The van der Waals surface area contributed by atoms with E-state index < -0.39 is 0 Å². The number of benzene rings is 2. The fraction of sp³-hybridized carbons (Fsp3) is 0.188. The summed E-state index contributed by atoms with van der Waals surface area (Å²) in [5.41, 5.74) is 1.86. The lowest BCUT2D eigenvalue weighted by Gasteiger charge is -2.09. The average Bonchev–Trinajstić information content (AvgIpc) is 3.23. The molecule has 1 fully saturated rings. The molecule has 1 saturated carbocycles. The van der Waals surface area contributed by atoms with Crippen molar-refractivity contribution in [3.05, 3.63) is 42.2 Å². The first-order chi connectivity index (χ1) is 10.1. The summed E-state index contributed by atoms with van der Waals surface area (Å²) in [5, 5.41) is 19.8. The van der Waals surface area contributed by atoms with Crippen LogP contribution in [0.15, 0.2) is 36.4 Å². The number of aromatic nitrogens is 2. The van der Waals surface area contributed by atoms with Gasteiger partial charge in [-0.1, -0.05) is 6.07 Å². The molecule has 2 aromatic carbocycles. The molecule has 3 aromatic rings. The van der Waals surface area contributed by atoms with Gasteiger partial charge in [0.15, 0.2) is 11.5 Å². The summed E-state index contributed by atoms with van der Waals surface area (Å²) >= 11 is 0. The van der Waals surface area contributed by atoms with E-state index in [1.807, 2.05) is 4.57 Å². The van der Waals surface area contributed by atoms with E-state index >= 15 is 0 Å². The van der Waals surface area contributed by atoms with Crippen LogP contribution in [0.3, 0.4) is 0 Å². The second kappa shape index (κ2) is 4.22. The van der Waals surface area contributed by atoms with Crippen molar-refractivity contribution >= 4 is 11.0 Å². The molecule has 1 aromatic heterocycles. The molecule has 4 rings (SSSR count). The number of hydrogen-bond donors (Lipinski definition) is 2. The zero-order valence-electron chi connectivity index (χ0n) is 11.1. The Hall–Kier alpha value is -2.56. The van der Waals surface area contributed by atoms with Crippen LogP contribution in [0.4, 0.5) is 4.39 Å². The van der Waals surface area contributed by atoms with E-state index in [2.05, 4.69) is 4.98 Å². The molecule has 106 valence electrons. The molecule has 21 heavy (non-hydrogen) atoms. The molecule has 5 heteroatoms. The van der Waals surface area contributed by atoms with Gasteiger partial charge in [-0.25, -0.2) is 9.37 Å². The third-order valence-corrected chi connectivity index (χ3v) is 3.82. The van der Waals surface area contributed by atoms with Gasteiger partial charge in [0.05, 0.1) is 16.6 Å². The summed E-state index contributed by atoms with van der Waals surface area (Å²) in [5.74, 6) is -0.134. The standard InChI is InChI=1S/C16H13FN2O2/c17-9-4-7-12-13(8-9)19(10-5-6-10)16(18-12)11-2-1-3-14(20)15(11)21/h1-4,7-8,10,20-21H,5-6H2. The second-order valence-electron chi connectivity index (χ2n) is 5.34. The van der Waals surface area contributed by atoms with E-state index in [1.165, 1.54) is 18.2 Å². The van der Waals surface area contributed by atoms with Crippen LogP contribution in [-0.2, 0) is 0 Å². The number of halogens is 1. The lowest BCUT2D eigenvalue weighted by Crippen LogP contribution is -1.97. The number of nitrogens with zero attached hydrogens (tertiary/aromatic N) is 2. The second-order valence-corrected chi connectivity index (χ2v) is 5.34. The molecular weight excluding hydrogens is 271 g/mol. The summed E-state index contributed by atoms with van der Waals surface area (Å²) in [6.07, 6.45) is 2.02. The van der Waals surface area contributed by atoms with Crippen molar-refractivity contribution in [2.75, 3.05) is 0 Å². The van der Waals surface area contributed by atoms with Crippen molar-refractivity contribution in [3.63, 3.8) is 0 Å². The Morgan fingerprint density at radius 1 is 1.14 bits per heavy atom. The van der Waals surface area contributed by atoms with Gasteiger partial charge in [0.2, 0.25) is 0 Å². The Morgan fingerprint density at radius 2 is 1.95 bits per heavy atom. The highest BCUT2D eigenvalue weighted by atomic mass is 19.1. The molecule has 0 aliphatic heterocycles. The summed E-state index contributed by atoms with van der Waals surface area (Å²) in [6, 6.07) is 9.51. The van der Waals surface area contributed by atoms with Gasteiger partial charge in [0.25, 0.3) is 0 Å². The van der Waals surface area contributed by atoms with E-state index in [4.69, 9.17) is 0 Å². The summed E-state index contributed by atoms with van der Waals surface area (Å²) in [4.78, 5) is 4.51. The van der Waals surface area contributed by atoms with Crippen LogP contribution in [-0.4, -0.2) is 19.8 Å². The molecule has 0 atom stereocenters. The Morgan fingerprint density at radius 3 is 2.71 bits per heavy atom. The number of imidazole rings is 1. The van der Waals surface area contributed by atoms with Crippen molar-refractivity contribution in [1.29, 1.82) is 0 Å². The fourth-order valence-corrected chi connectivity index (χ4v) is 2.67. The van der Waals surface area contributed by atoms with Crippen molar-refractivity contribution < 1.29 is 14.6 Å². The van der Waals surface area contributed by atoms with E-state index in [9.17, 15) is 14.6 Å². The molecule has 1 aliphatic rings. The predicted octanol–water partition coefficient (Wildman–Crippen LogP) is 3.59. The smallest absolute Gasteiger partial charge is 0.168 e. The monoisotopic (exact) mass is 284 g/mol.